The van der Waals surface area contributed by atoms with Gasteiger partial charge >= 0.3 is 0 Å². The Morgan fingerprint density at radius 2 is 1.77 bits per heavy atom. The van der Waals surface area contributed by atoms with Crippen molar-refractivity contribution in [3.05, 3.63) is 54.1 Å². The Labute approximate surface area is 171 Å². The summed E-state index contributed by atoms with van der Waals surface area (Å²) in [4.78, 5) is 4.34. The Morgan fingerprint density at radius 1 is 1.08 bits per heavy atom. The van der Waals surface area contributed by atoms with Gasteiger partial charge in [0.2, 0.25) is 0 Å². The van der Waals surface area contributed by atoms with Crippen LogP contribution in [-0.2, 0) is 6.54 Å². The predicted octanol–water partition coefficient (Wildman–Crippen LogP) is 3.19. The SMILES string of the molecule is COc1ccc(CN=C(N)NCC(C)Oc2ccccc2)cc1OC.I. The molecule has 2 aromatic carbocycles. The lowest BCUT2D eigenvalue weighted by atomic mass is 10.2. The van der Waals surface area contributed by atoms with Crippen LogP contribution in [0, 0.1) is 0 Å². The largest absolute Gasteiger partial charge is 0.493 e. The molecular formula is C19H26IN3O3. The molecule has 0 bridgehead atoms. The van der Waals surface area contributed by atoms with Crippen LogP contribution in [0.25, 0.3) is 0 Å². The Morgan fingerprint density at radius 3 is 2.42 bits per heavy atom. The lowest BCUT2D eigenvalue weighted by molar-refractivity contribution is 0.224. The first-order valence-corrected chi connectivity index (χ1v) is 8.08. The molecule has 6 nitrogen and oxygen atoms in total. The second kappa shape index (κ2) is 11.5. The van der Waals surface area contributed by atoms with Crippen LogP contribution in [0.3, 0.4) is 0 Å². The number of methoxy groups -OCH3 is 2. The third kappa shape index (κ3) is 6.99. The van der Waals surface area contributed by atoms with Crippen LogP contribution in [0.1, 0.15) is 12.5 Å². The molecule has 0 amide bonds. The van der Waals surface area contributed by atoms with E-state index in [9.17, 15) is 0 Å². The van der Waals surface area contributed by atoms with E-state index in [2.05, 4.69) is 10.3 Å². The fourth-order valence-corrected chi connectivity index (χ4v) is 2.23. The molecule has 26 heavy (non-hydrogen) atoms. The molecular weight excluding hydrogens is 445 g/mol. The molecule has 2 aromatic rings. The number of para-hydroxylation sites is 1. The van der Waals surface area contributed by atoms with Gasteiger partial charge in [-0.05, 0) is 36.8 Å². The van der Waals surface area contributed by atoms with Crippen molar-refractivity contribution in [2.24, 2.45) is 10.7 Å². The van der Waals surface area contributed by atoms with Crippen LogP contribution in [-0.4, -0.2) is 32.8 Å². The summed E-state index contributed by atoms with van der Waals surface area (Å²) in [5.74, 6) is 2.57. The van der Waals surface area contributed by atoms with Crippen molar-refractivity contribution in [2.75, 3.05) is 20.8 Å². The number of nitrogens with one attached hydrogen (secondary N) is 1. The van der Waals surface area contributed by atoms with Crippen molar-refractivity contribution in [1.29, 1.82) is 0 Å². The highest BCUT2D eigenvalue weighted by Gasteiger charge is 2.06. The van der Waals surface area contributed by atoms with Gasteiger partial charge in [-0.2, -0.15) is 0 Å². The topological polar surface area (TPSA) is 78.1 Å². The fraction of sp³-hybridized carbons (Fsp3) is 0.316. The molecule has 0 aromatic heterocycles. The van der Waals surface area contributed by atoms with Gasteiger partial charge in [0, 0.05) is 0 Å². The van der Waals surface area contributed by atoms with Gasteiger partial charge in [-0.1, -0.05) is 24.3 Å². The van der Waals surface area contributed by atoms with Gasteiger partial charge in [0.15, 0.2) is 17.5 Å². The molecule has 0 aliphatic carbocycles. The Hall–Kier alpha value is -2.16. The normalized spacial score (nSPS) is 11.9. The summed E-state index contributed by atoms with van der Waals surface area (Å²) in [6, 6.07) is 15.3. The number of hydrogen-bond acceptors (Lipinski definition) is 4. The van der Waals surface area contributed by atoms with Gasteiger partial charge < -0.3 is 25.3 Å². The van der Waals surface area contributed by atoms with E-state index < -0.39 is 0 Å². The Bertz CT molecular complexity index is 696. The van der Waals surface area contributed by atoms with E-state index in [1.165, 1.54) is 0 Å². The van der Waals surface area contributed by atoms with E-state index in [0.29, 0.717) is 30.5 Å². The number of aliphatic imine (C=N–C) groups is 1. The van der Waals surface area contributed by atoms with Gasteiger partial charge in [0.25, 0.3) is 0 Å². The van der Waals surface area contributed by atoms with E-state index >= 15 is 0 Å². The molecule has 0 saturated carbocycles. The Balaban J connectivity index is 0.00000338. The highest BCUT2D eigenvalue weighted by molar-refractivity contribution is 14.0. The van der Waals surface area contributed by atoms with Crippen LogP contribution in [0.5, 0.6) is 17.2 Å². The lowest BCUT2D eigenvalue weighted by Gasteiger charge is -2.15. The Kier molecular flexibility index (Phi) is 9.64. The number of nitrogens with two attached hydrogens (primary N) is 1. The van der Waals surface area contributed by atoms with E-state index in [4.69, 9.17) is 19.9 Å². The molecule has 1 unspecified atom stereocenters. The second-order valence-corrected chi connectivity index (χ2v) is 5.51. The molecule has 0 radical (unpaired) electrons. The number of ether oxygens (including phenoxy) is 3. The molecule has 0 aliphatic heterocycles. The van der Waals surface area contributed by atoms with E-state index in [0.717, 1.165) is 11.3 Å². The summed E-state index contributed by atoms with van der Waals surface area (Å²) in [5, 5.41) is 3.07. The van der Waals surface area contributed by atoms with E-state index in [1.807, 2.05) is 55.5 Å². The van der Waals surface area contributed by atoms with Crippen LogP contribution in [0.2, 0.25) is 0 Å². The highest BCUT2D eigenvalue weighted by Crippen LogP contribution is 2.27. The van der Waals surface area contributed by atoms with Crippen molar-refractivity contribution in [3.63, 3.8) is 0 Å². The van der Waals surface area contributed by atoms with Crippen LogP contribution < -0.4 is 25.3 Å². The van der Waals surface area contributed by atoms with Crippen molar-refractivity contribution in [3.8, 4) is 17.2 Å². The number of guanidine groups is 1. The van der Waals surface area contributed by atoms with E-state index in [1.54, 1.807) is 14.2 Å². The minimum atomic E-state index is -0.0303. The molecule has 0 spiro atoms. The third-order valence-electron chi connectivity index (χ3n) is 3.53. The minimum Gasteiger partial charge on any atom is -0.493 e. The molecule has 3 N–H and O–H groups in total. The summed E-state index contributed by atoms with van der Waals surface area (Å²) in [6.45, 7) is 2.99. The van der Waals surface area contributed by atoms with Crippen molar-refractivity contribution in [1.82, 2.24) is 5.32 Å². The zero-order chi connectivity index (χ0) is 18.1. The molecule has 0 fully saturated rings. The van der Waals surface area contributed by atoms with Crippen LogP contribution in [0.4, 0.5) is 0 Å². The maximum Gasteiger partial charge on any atom is 0.189 e. The average molecular weight is 471 g/mol. The number of hydrogen-bond donors (Lipinski definition) is 2. The summed E-state index contributed by atoms with van der Waals surface area (Å²) in [5.41, 5.74) is 6.90. The van der Waals surface area contributed by atoms with Gasteiger partial charge in [0.1, 0.15) is 11.9 Å². The quantitative estimate of drug-likeness (QED) is 0.351. The number of nitrogens with zero attached hydrogens (tertiary/aromatic N) is 1. The van der Waals surface area contributed by atoms with Crippen molar-refractivity contribution < 1.29 is 14.2 Å². The maximum absolute atomic E-state index is 5.92. The zero-order valence-corrected chi connectivity index (χ0v) is 17.6. The molecule has 0 aliphatic rings. The molecule has 1 atom stereocenters. The maximum atomic E-state index is 5.92. The van der Waals surface area contributed by atoms with E-state index in [-0.39, 0.29) is 30.1 Å². The molecule has 2 rings (SSSR count). The van der Waals surface area contributed by atoms with Gasteiger partial charge in [0.05, 0.1) is 27.3 Å². The van der Waals surface area contributed by atoms with Crippen molar-refractivity contribution >= 4 is 29.9 Å². The lowest BCUT2D eigenvalue weighted by Crippen LogP contribution is -2.38. The molecule has 0 heterocycles. The first-order valence-electron chi connectivity index (χ1n) is 8.08. The summed E-state index contributed by atoms with van der Waals surface area (Å²) < 4.78 is 16.3. The third-order valence-corrected chi connectivity index (χ3v) is 3.53. The average Bonchev–Trinajstić information content (AvgIpc) is 2.65. The number of halogens is 1. The monoisotopic (exact) mass is 471 g/mol. The summed E-state index contributed by atoms with van der Waals surface area (Å²) >= 11 is 0. The van der Waals surface area contributed by atoms with Gasteiger partial charge in [-0.15, -0.1) is 24.0 Å². The highest BCUT2D eigenvalue weighted by atomic mass is 127. The fourth-order valence-electron chi connectivity index (χ4n) is 2.23. The summed E-state index contributed by atoms with van der Waals surface area (Å²) in [7, 11) is 3.21. The first-order chi connectivity index (χ1) is 12.1. The first kappa shape index (κ1) is 21.9. The molecule has 142 valence electrons. The van der Waals surface area contributed by atoms with Crippen molar-refractivity contribution in [2.45, 2.75) is 19.6 Å². The smallest absolute Gasteiger partial charge is 0.189 e. The molecule has 0 saturated heterocycles. The standard InChI is InChI=1S/C19H25N3O3.HI/c1-14(25-16-7-5-4-6-8-16)12-21-19(20)22-13-15-9-10-17(23-2)18(11-15)24-3;/h4-11,14H,12-13H2,1-3H3,(H3,20,21,22);1H. The number of benzene rings is 2. The van der Waals surface area contributed by atoms with Crippen LogP contribution in [0.15, 0.2) is 53.5 Å². The molecule has 7 heteroatoms. The second-order valence-electron chi connectivity index (χ2n) is 5.51. The van der Waals surface area contributed by atoms with Gasteiger partial charge in [-0.25, -0.2) is 4.99 Å². The van der Waals surface area contributed by atoms with Crippen LogP contribution >= 0.6 is 24.0 Å². The predicted molar refractivity (Wildman–Crippen MR) is 115 cm³/mol. The minimum absolute atomic E-state index is 0. The van der Waals surface area contributed by atoms with Gasteiger partial charge in [-0.3, -0.25) is 0 Å². The summed E-state index contributed by atoms with van der Waals surface area (Å²) in [6.07, 6.45) is -0.0303. The number of rotatable bonds is 8. The zero-order valence-electron chi connectivity index (χ0n) is 15.3.